The number of carboxylic acid groups (broad SMARTS) is 1. The molecule has 0 atom stereocenters. The van der Waals surface area contributed by atoms with Crippen LogP contribution < -0.4 is 10.3 Å². The maximum absolute atomic E-state index is 11.1. The van der Waals surface area contributed by atoms with E-state index in [2.05, 4.69) is 9.97 Å². The molecule has 0 saturated heterocycles. The average molecular weight is 292 g/mol. The number of hydrogen-bond donors (Lipinski definition) is 2. The van der Waals surface area contributed by atoms with Crippen LogP contribution in [0.15, 0.2) is 40.4 Å². The van der Waals surface area contributed by atoms with Crippen molar-refractivity contribution in [1.82, 2.24) is 9.97 Å². The first-order valence-corrected chi connectivity index (χ1v) is 6.67. The Balaban J connectivity index is 2.16. The maximum atomic E-state index is 11.1. The van der Waals surface area contributed by atoms with E-state index in [4.69, 9.17) is 9.84 Å². The zero-order valence-corrected chi connectivity index (χ0v) is 11.4. The highest BCUT2D eigenvalue weighted by Crippen LogP contribution is 2.24. The van der Waals surface area contributed by atoms with Crippen LogP contribution in [-0.2, 0) is 5.75 Å². The smallest absolute Gasteiger partial charge is 0.339 e. The molecule has 2 rings (SSSR count). The molecule has 1 aromatic carbocycles. The second-order valence-corrected chi connectivity index (χ2v) is 4.83. The summed E-state index contributed by atoms with van der Waals surface area (Å²) in [5.41, 5.74) is 0.697. The van der Waals surface area contributed by atoms with Crippen molar-refractivity contribution in [3.63, 3.8) is 0 Å². The van der Waals surface area contributed by atoms with E-state index in [0.29, 0.717) is 16.7 Å². The van der Waals surface area contributed by atoms with E-state index in [0.717, 1.165) is 5.56 Å². The molecule has 0 bridgehead atoms. The standard InChI is InChI=1S/C13H12N2O4S/c1-19-10-3-2-8(6-9(10)12(17)18)7-20-13-14-5-4-11(16)15-13/h2-6H,7H2,1H3,(H,17,18)(H,14,15,16). The van der Waals surface area contributed by atoms with Gasteiger partial charge in [0, 0.05) is 18.0 Å². The topological polar surface area (TPSA) is 92.3 Å². The molecule has 20 heavy (non-hydrogen) atoms. The van der Waals surface area contributed by atoms with Crippen molar-refractivity contribution in [2.45, 2.75) is 10.9 Å². The van der Waals surface area contributed by atoms with Gasteiger partial charge in [-0.2, -0.15) is 0 Å². The molecule has 0 aliphatic heterocycles. The summed E-state index contributed by atoms with van der Waals surface area (Å²) in [6, 6.07) is 6.27. The molecule has 0 fully saturated rings. The van der Waals surface area contributed by atoms with E-state index in [1.54, 1.807) is 18.2 Å². The van der Waals surface area contributed by atoms with Crippen LogP contribution >= 0.6 is 11.8 Å². The van der Waals surface area contributed by atoms with Crippen LogP contribution in [0.4, 0.5) is 0 Å². The Morgan fingerprint density at radius 1 is 1.45 bits per heavy atom. The average Bonchev–Trinajstić information content (AvgIpc) is 2.45. The van der Waals surface area contributed by atoms with Crippen LogP contribution in [-0.4, -0.2) is 28.2 Å². The van der Waals surface area contributed by atoms with E-state index >= 15 is 0 Å². The molecule has 7 heteroatoms. The Labute approximate surface area is 118 Å². The zero-order chi connectivity index (χ0) is 14.5. The molecule has 104 valence electrons. The highest BCUT2D eigenvalue weighted by atomic mass is 32.2. The van der Waals surface area contributed by atoms with Gasteiger partial charge < -0.3 is 14.8 Å². The van der Waals surface area contributed by atoms with E-state index in [9.17, 15) is 9.59 Å². The predicted molar refractivity (Wildman–Crippen MR) is 74.4 cm³/mol. The van der Waals surface area contributed by atoms with E-state index in [1.165, 1.54) is 31.1 Å². The van der Waals surface area contributed by atoms with E-state index in [1.807, 2.05) is 0 Å². The first-order valence-electron chi connectivity index (χ1n) is 5.68. The second-order valence-electron chi connectivity index (χ2n) is 3.87. The number of methoxy groups -OCH3 is 1. The number of nitrogens with one attached hydrogen (secondary N) is 1. The van der Waals surface area contributed by atoms with Gasteiger partial charge in [-0.05, 0) is 17.7 Å². The van der Waals surface area contributed by atoms with Gasteiger partial charge in [0.1, 0.15) is 11.3 Å². The number of H-pyrrole nitrogens is 1. The fourth-order valence-electron chi connectivity index (χ4n) is 1.59. The highest BCUT2D eigenvalue weighted by Gasteiger charge is 2.11. The molecule has 2 N–H and O–H groups in total. The quantitative estimate of drug-likeness (QED) is 0.644. The third-order valence-electron chi connectivity index (χ3n) is 2.52. The van der Waals surface area contributed by atoms with Gasteiger partial charge in [-0.1, -0.05) is 17.8 Å². The Hall–Kier alpha value is -2.28. The SMILES string of the molecule is COc1ccc(CSc2nccc(=O)[nH]2)cc1C(=O)O. The molecule has 0 radical (unpaired) electrons. The van der Waals surface area contributed by atoms with Crippen LogP contribution in [0.3, 0.4) is 0 Å². The third-order valence-corrected chi connectivity index (χ3v) is 3.48. The summed E-state index contributed by atoms with van der Waals surface area (Å²) in [6.45, 7) is 0. The van der Waals surface area contributed by atoms with Crippen LogP contribution in [0, 0.1) is 0 Å². The normalized spacial score (nSPS) is 10.2. The first-order chi connectivity index (χ1) is 9.60. The number of carbonyl (C=O) groups is 1. The Morgan fingerprint density at radius 3 is 2.90 bits per heavy atom. The van der Waals surface area contributed by atoms with Gasteiger partial charge in [-0.15, -0.1) is 0 Å². The van der Waals surface area contributed by atoms with Crippen molar-refractivity contribution < 1.29 is 14.6 Å². The molecule has 0 spiro atoms. The molecule has 0 amide bonds. The van der Waals surface area contributed by atoms with E-state index < -0.39 is 5.97 Å². The summed E-state index contributed by atoms with van der Waals surface area (Å²) in [5, 5.41) is 9.59. The predicted octanol–water partition coefficient (Wildman–Crippen LogP) is 1.77. The number of aromatic carboxylic acids is 1. The number of aromatic amines is 1. The van der Waals surface area contributed by atoms with Crippen molar-refractivity contribution in [3.8, 4) is 5.75 Å². The second kappa shape index (κ2) is 6.25. The van der Waals surface area contributed by atoms with Gasteiger partial charge in [-0.3, -0.25) is 4.79 Å². The summed E-state index contributed by atoms with van der Waals surface area (Å²) in [5.74, 6) is -0.227. The van der Waals surface area contributed by atoms with Gasteiger partial charge in [0.2, 0.25) is 0 Å². The first kappa shape index (κ1) is 14.1. The van der Waals surface area contributed by atoms with Crippen LogP contribution in [0.2, 0.25) is 0 Å². The molecule has 1 aromatic heterocycles. The van der Waals surface area contributed by atoms with E-state index in [-0.39, 0.29) is 11.1 Å². The maximum Gasteiger partial charge on any atom is 0.339 e. The summed E-state index contributed by atoms with van der Waals surface area (Å²) >= 11 is 1.32. The Morgan fingerprint density at radius 2 is 2.25 bits per heavy atom. The van der Waals surface area contributed by atoms with Crippen LogP contribution in [0.1, 0.15) is 15.9 Å². The largest absolute Gasteiger partial charge is 0.496 e. The lowest BCUT2D eigenvalue weighted by Crippen LogP contribution is -2.05. The van der Waals surface area contributed by atoms with Crippen molar-refractivity contribution >= 4 is 17.7 Å². The van der Waals surface area contributed by atoms with Crippen molar-refractivity contribution in [2.24, 2.45) is 0 Å². The highest BCUT2D eigenvalue weighted by molar-refractivity contribution is 7.98. The lowest BCUT2D eigenvalue weighted by Gasteiger charge is -2.07. The minimum atomic E-state index is -1.04. The van der Waals surface area contributed by atoms with Crippen molar-refractivity contribution in [1.29, 1.82) is 0 Å². The van der Waals surface area contributed by atoms with Gasteiger partial charge in [0.15, 0.2) is 5.16 Å². The number of rotatable bonds is 5. The van der Waals surface area contributed by atoms with Gasteiger partial charge in [-0.25, -0.2) is 9.78 Å². The van der Waals surface area contributed by atoms with Gasteiger partial charge >= 0.3 is 5.97 Å². The van der Waals surface area contributed by atoms with Crippen LogP contribution in [0.5, 0.6) is 5.75 Å². The van der Waals surface area contributed by atoms with Crippen LogP contribution in [0.25, 0.3) is 0 Å². The number of nitrogens with zero attached hydrogens (tertiary/aromatic N) is 1. The summed E-state index contributed by atoms with van der Waals surface area (Å²) in [4.78, 5) is 28.8. The monoisotopic (exact) mass is 292 g/mol. The molecular formula is C13H12N2O4S. The number of thioether (sulfide) groups is 1. The molecule has 0 aliphatic carbocycles. The molecule has 1 heterocycles. The minimum Gasteiger partial charge on any atom is -0.496 e. The lowest BCUT2D eigenvalue weighted by molar-refractivity contribution is 0.0693. The van der Waals surface area contributed by atoms with Gasteiger partial charge in [0.25, 0.3) is 5.56 Å². The lowest BCUT2D eigenvalue weighted by atomic mass is 10.1. The molecule has 6 nitrogen and oxygen atoms in total. The molecule has 0 unspecified atom stereocenters. The van der Waals surface area contributed by atoms with Crippen molar-refractivity contribution in [2.75, 3.05) is 7.11 Å². The molecule has 0 aliphatic rings. The number of benzene rings is 1. The summed E-state index contributed by atoms with van der Waals surface area (Å²) < 4.78 is 4.99. The Kier molecular flexibility index (Phi) is 4.41. The number of aromatic nitrogens is 2. The zero-order valence-electron chi connectivity index (χ0n) is 10.6. The fourth-order valence-corrected chi connectivity index (χ4v) is 2.38. The fraction of sp³-hybridized carbons (Fsp3) is 0.154. The number of carboxylic acids is 1. The molecule has 2 aromatic rings. The summed E-state index contributed by atoms with van der Waals surface area (Å²) in [7, 11) is 1.43. The third kappa shape index (κ3) is 3.39. The summed E-state index contributed by atoms with van der Waals surface area (Å²) in [6.07, 6.45) is 1.43. The molecular weight excluding hydrogens is 280 g/mol. The molecule has 0 saturated carbocycles. The van der Waals surface area contributed by atoms with Crippen molar-refractivity contribution in [3.05, 3.63) is 51.9 Å². The Bertz CT molecular complexity index is 684. The minimum absolute atomic E-state index is 0.111. The van der Waals surface area contributed by atoms with Gasteiger partial charge in [0.05, 0.1) is 7.11 Å². The number of ether oxygens (including phenoxy) is 1. The number of hydrogen-bond acceptors (Lipinski definition) is 5.